The first-order chi connectivity index (χ1) is 22.7. The van der Waals surface area contributed by atoms with Gasteiger partial charge in [0.1, 0.15) is 12.4 Å². The molecule has 0 unspecified atom stereocenters. The van der Waals surface area contributed by atoms with Crippen LogP contribution in [0.5, 0.6) is 0 Å². The Hall–Kier alpha value is -3.88. The lowest BCUT2D eigenvalue weighted by Gasteiger charge is -2.20. The molecule has 1 aromatic rings. The van der Waals surface area contributed by atoms with Gasteiger partial charge in [-0.1, -0.05) is 39.8 Å². The van der Waals surface area contributed by atoms with Crippen LogP contribution in [0.25, 0.3) is 0 Å². The van der Waals surface area contributed by atoms with E-state index in [1.165, 1.54) is 11.8 Å². The van der Waals surface area contributed by atoms with Gasteiger partial charge in [-0.15, -0.1) is 0 Å². The van der Waals surface area contributed by atoms with Crippen LogP contribution >= 0.6 is 0 Å². The van der Waals surface area contributed by atoms with E-state index in [4.69, 9.17) is 19.9 Å². The highest BCUT2D eigenvalue weighted by Crippen LogP contribution is 2.17. The standard InChI is InChI=1S/C34H55N5O9/c1-7-15-46-17-18-47-16-12-29(40)19-24(4)32(43)37-25(5)30(41)20-27(21-31(35)42)33(44)38-28-10-8-26(9-11-28)22-48-34(45)39(6)14-13-36-23(2)3/h8-11,23-25,27,36H,7,12-22H2,1-6H3,(H2,35,42)(H,37,43)(H,38,44)/t24-,25+,27+/m1/s1. The minimum Gasteiger partial charge on any atom is -0.445 e. The molecular formula is C34H55N5O9. The number of Topliss-reactive ketones (excluding diaryl/α,β-unsaturated/α-hetero) is 2. The normalized spacial score (nSPS) is 12.9. The van der Waals surface area contributed by atoms with Crippen molar-refractivity contribution in [3.63, 3.8) is 0 Å². The predicted molar refractivity (Wildman–Crippen MR) is 181 cm³/mol. The predicted octanol–water partition coefficient (Wildman–Crippen LogP) is 2.58. The zero-order valence-electron chi connectivity index (χ0n) is 29.3. The number of nitrogens with one attached hydrogen (secondary N) is 3. The van der Waals surface area contributed by atoms with Gasteiger partial charge in [0, 0.05) is 70.1 Å². The fourth-order valence-corrected chi connectivity index (χ4v) is 4.34. The van der Waals surface area contributed by atoms with Crippen LogP contribution in [0.2, 0.25) is 0 Å². The zero-order valence-corrected chi connectivity index (χ0v) is 29.3. The van der Waals surface area contributed by atoms with Gasteiger partial charge < -0.3 is 40.8 Å². The number of primary amides is 1. The summed E-state index contributed by atoms with van der Waals surface area (Å²) in [5.41, 5.74) is 6.46. The third-order valence-corrected chi connectivity index (χ3v) is 7.23. The number of carbonyl (C=O) groups is 6. The first kappa shape index (κ1) is 42.1. The summed E-state index contributed by atoms with van der Waals surface area (Å²) < 4.78 is 16.0. The van der Waals surface area contributed by atoms with Crippen molar-refractivity contribution in [2.75, 3.05) is 51.9 Å². The monoisotopic (exact) mass is 677 g/mol. The van der Waals surface area contributed by atoms with Crippen LogP contribution in [0.1, 0.15) is 72.3 Å². The van der Waals surface area contributed by atoms with Crippen molar-refractivity contribution in [1.82, 2.24) is 15.5 Å². The summed E-state index contributed by atoms with van der Waals surface area (Å²) in [6.07, 6.45) is -0.102. The number of likely N-dealkylation sites (N-methyl/N-ethyl adjacent to an activating group) is 1. The Labute approximate surface area is 284 Å². The number of benzene rings is 1. The van der Waals surface area contributed by atoms with E-state index in [9.17, 15) is 28.8 Å². The molecule has 0 bridgehead atoms. The molecule has 0 saturated carbocycles. The van der Waals surface area contributed by atoms with Crippen LogP contribution in [-0.4, -0.2) is 98.9 Å². The molecule has 0 fully saturated rings. The fourth-order valence-electron chi connectivity index (χ4n) is 4.34. The molecule has 14 nitrogen and oxygen atoms in total. The smallest absolute Gasteiger partial charge is 0.409 e. The number of amides is 4. The summed E-state index contributed by atoms with van der Waals surface area (Å²) in [5.74, 6) is -4.18. The van der Waals surface area contributed by atoms with E-state index in [-0.39, 0.29) is 44.7 Å². The number of hydrogen-bond donors (Lipinski definition) is 4. The first-order valence-corrected chi connectivity index (χ1v) is 16.5. The van der Waals surface area contributed by atoms with Crippen LogP contribution in [0.15, 0.2) is 24.3 Å². The number of hydrogen-bond acceptors (Lipinski definition) is 10. The molecule has 0 radical (unpaired) electrons. The summed E-state index contributed by atoms with van der Waals surface area (Å²) in [5, 5.41) is 8.51. The highest BCUT2D eigenvalue weighted by atomic mass is 16.6. The van der Waals surface area contributed by atoms with Gasteiger partial charge in [0.2, 0.25) is 17.7 Å². The second kappa shape index (κ2) is 23.4. The van der Waals surface area contributed by atoms with E-state index in [2.05, 4.69) is 16.0 Å². The van der Waals surface area contributed by atoms with Crippen LogP contribution < -0.4 is 21.7 Å². The lowest BCUT2D eigenvalue weighted by atomic mass is 9.94. The maximum atomic E-state index is 13.0. The maximum absolute atomic E-state index is 13.0. The third-order valence-electron chi connectivity index (χ3n) is 7.23. The number of carbonyl (C=O) groups excluding carboxylic acids is 6. The molecule has 0 aliphatic carbocycles. The highest BCUT2D eigenvalue weighted by Gasteiger charge is 2.28. The quantitative estimate of drug-likeness (QED) is 0.112. The van der Waals surface area contributed by atoms with Crippen LogP contribution in [-0.2, 0) is 44.8 Å². The minimum atomic E-state index is -1.07. The van der Waals surface area contributed by atoms with Gasteiger partial charge in [0.15, 0.2) is 5.78 Å². The van der Waals surface area contributed by atoms with E-state index in [0.717, 1.165) is 6.42 Å². The van der Waals surface area contributed by atoms with Crippen LogP contribution in [0, 0.1) is 11.8 Å². The van der Waals surface area contributed by atoms with E-state index in [0.29, 0.717) is 50.2 Å². The SMILES string of the molecule is CCCOCCOCCC(=O)C[C@@H](C)C(=O)N[C@@H](C)C(=O)C[C@@H](CC(N)=O)C(=O)Nc1ccc(COC(=O)N(C)CCNC(C)C)cc1. The third kappa shape index (κ3) is 18.5. The number of ketones is 2. The molecule has 0 aliphatic heterocycles. The van der Waals surface area contributed by atoms with Crippen molar-refractivity contribution in [2.24, 2.45) is 17.6 Å². The Bertz CT molecular complexity index is 1180. The number of anilines is 1. The Morgan fingerprint density at radius 1 is 0.854 bits per heavy atom. The molecule has 3 atom stereocenters. The first-order valence-electron chi connectivity index (χ1n) is 16.5. The molecule has 0 aromatic heterocycles. The average Bonchev–Trinajstić information content (AvgIpc) is 3.02. The molecule has 1 rings (SSSR count). The van der Waals surface area contributed by atoms with Gasteiger partial charge in [0.25, 0.3) is 0 Å². The molecule has 0 aliphatic rings. The molecule has 1 aromatic carbocycles. The highest BCUT2D eigenvalue weighted by molar-refractivity contribution is 5.99. The van der Waals surface area contributed by atoms with Gasteiger partial charge >= 0.3 is 6.09 Å². The summed E-state index contributed by atoms with van der Waals surface area (Å²) in [7, 11) is 1.65. The van der Waals surface area contributed by atoms with E-state index >= 15 is 0 Å². The summed E-state index contributed by atoms with van der Waals surface area (Å²) in [4.78, 5) is 76.4. The van der Waals surface area contributed by atoms with E-state index < -0.39 is 47.5 Å². The van der Waals surface area contributed by atoms with Gasteiger partial charge in [-0.2, -0.15) is 0 Å². The maximum Gasteiger partial charge on any atom is 0.409 e. The number of ether oxygens (including phenoxy) is 3. The Kier molecular flexibility index (Phi) is 20.6. The van der Waals surface area contributed by atoms with Crippen LogP contribution in [0.3, 0.4) is 0 Å². The van der Waals surface area contributed by atoms with Crippen molar-refractivity contribution in [3.8, 4) is 0 Å². The molecule has 270 valence electrons. The number of nitrogens with two attached hydrogens (primary N) is 1. The van der Waals surface area contributed by atoms with Crippen LogP contribution in [0.4, 0.5) is 10.5 Å². The fraction of sp³-hybridized carbons (Fsp3) is 0.647. The van der Waals surface area contributed by atoms with Crippen molar-refractivity contribution in [3.05, 3.63) is 29.8 Å². The molecule has 14 heteroatoms. The number of nitrogens with zero attached hydrogens (tertiary/aromatic N) is 1. The molecule has 4 amide bonds. The minimum absolute atomic E-state index is 0.0103. The van der Waals surface area contributed by atoms with Gasteiger partial charge in [-0.25, -0.2) is 4.79 Å². The summed E-state index contributed by atoms with van der Waals surface area (Å²) in [6.45, 7) is 12.0. The Morgan fingerprint density at radius 2 is 1.50 bits per heavy atom. The second-order valence-electron chi connectivity index (χ2n) is 12.2. The van der Waals surface area contributed by atoms with Crippen molar-refractivity contribution in [2.45, 2.75) is 85.4 Å². The lowest BCUT2D eigenvalue weighted by molar-refractivity contribution is -0.133. The summed E-state index contributed by atoms with van der Waals surface area (Å²) in [6, 6.07) is 5.93. The second-order valence-corrected chi connectivity index (χ2v) is 12.2. The topological polar surface area (TPSA) is 195 Å². The van der Waals surface area contributed by atoms with Gasteiger partial charge in [-0.05, 0) is 31.0 Å². The molecular weight excluding hydrogens is 622 g/mol. The largest absolute Gasteiger partial charge is 0.445 e. The molecule has 48 heavy (non-hydrogen) atoms. The molecule has 0 spiro atoms. The van der Waals surface area contributed by atoms with Crippen molar-refractivity contribution >= 4 is 41.1 Å². The molecule has 0 heterocycles. The van der Waals surface area contributed by atoms with E-state index in [1.54, 1.807) is 38.2 Å². The van der Waals surface area contributed by atoms with Crippen molar-refractivity contribution < 1.29 is 43.0 Å². The summed E-state index contributed by atoms with van der Waals surface area (Å²) >= 11 is 0. The average molecular weight is 678 g/mol. The Morgan fingerprint density at radius 3 is 2.10 bits per heavy atom. The molecule has 5 N–H and O–H groups in total. The number of rotatable bonds is 25. The lowest BCUT2D eigenvalue weighted by Crippen LogP contribution is -2.43. The van der Waals surface area contributed by atoms with Crippen molar-refractivity contribution in [1.29, 1.82) is 0 Å². The van der Waals surface area contributed by atoms with Gasteiger partial charge in [-0.3, -0.25) is 24.0 Å². The molecule has 0 saturated heterocycles. The zero-order chi connectivity index (χ0) is 36.1. The Balaban J connectivity index is 2.58. The van der Waals surface area contributed by atoms with E-state index in [1.807, 2.05) is 20.8 Å². The van der Waals surface area contributed by atoms with Gasteiger partial charge in [0.05, 0.1) is 31.8 Å².